The molecule has 1 aromatic rings. The second-order valence-corrected chi connectivity index (χ2v) is 5.33. The zero-order chi connectivity index (χ0) is 12.9. The zero-order valence-electron chi connectivity index (χ0n) is 10.6. The number of hydrogen-bond acceptors (Lipinski definition) is 2. The monoisotopic (exact) mass is 238 g/mol. The predicted octanol–water partition coefficient (Wildman–Crippen LogP) is 3.35. The Balaban J connectivity index is 2.32. The van der Waals surface area contributed by atoms with Crippen LogP contribution >= 0.6 is 0 Å². The van der Waals surface area contributed by atoms with E-state index in [0.29, 0.717) is 6.61 Å². The number of ether oxygens (including phenoxy) is 1. The molecule has 94 valence electrons. The van der Waals surface area contributed by atoms with Crippen molar-refractivity contribution in [2.45, 2.75) is 33.6 Å². The number of carbonyl (C=O) groups excluding carboxylic acids is 1. The highest BCUT2D eigenvalue weighted by atomic mass is 19.1. The molecule has 2 nitrogen and oxygen atoms in total. The van der Waals surface area contributed by atoms with Gasteiger partial charge in [0.05, 0.1) is 13.0 Å². The van der Waals surface area contributed by atoms with Crippen LogP contribution in [0.1, 0.15) is 32.8 Å². The van der Waals surface area contributed by atoms with Gasteiger partial charge in [0.25, 0.3) is 0 Å². The molecule has 1 aromatic carbocycles. The normalized spacial score (nSPS) is 11.3. The first-order valence-corrected chi connectivity index (χ1v) is 5.77. The van der Waals surface area contributed by atoms with Crippen molar-refractivity contribution >= 4 is 5.97 Å². The molecule has 1 rings (SSSR count). The van der Waals surface area contributed by atoms with E-state index in [1.807, 2.05) is 0 Å². The maximum absolute atomic E-state index is 12.6. The third kappa shape index (κ3) is 6.05. The van der Waals surface area contributed by atoms with E-state index in [0.717, 1.165) is 12.0 Å². The molecule has 0 saturated carbocycles. The maximum atomic E-state index is 12.6. The first-order chi connectivity index (χ1) is 7.87. The van der Waals surface area contributed by atoms with Crippen LogP contribution in [0.25, 0.3) is 0 Å². The number of esters is 1. The summed E-state index contributed by atoms with van der Waals surface area (Å²) in [6.45, 7) is 6.73. The minimum atomic E-state index is -0.296. The van der Waals surface area contributed by atoms with Gasteiger partial charge in [0.15, 0.2) is 0 Å². The Bertz CT molecular complexity index is 363. The van der Waals surface area contributed by atoms with Crippen LogP contribution in [0.4, 0.5) is 4.39 Å². The van der Waals surface area contributed by atoms with Gasteiger partial charge in [-0.3, -0.25) is 4.79 Å². The summed E-state index contributed by atoms with van der Waals surface area (Å²) in [5.74, 6) is -0.560. The lowest BCUT2D eigenvalue weighted by Gasteiger charge is -2.17. The fourth-order valence-corrected chi connectivity index (χ4v) is 1.29. The van der Waals surface area contributed by atoms with Gasteiger partial charge >= 0.3 is 5.97 Å². The lowest BCUT2D eigenvalue weighted by atomic mass is 9.93. The molecule has 0 spiro atoms. The summed E-state index contributed by atoms with van der Waals surface area (Å²) >= 11 is 0. The van der Waals surface area contributed by atoms with Gasteiger partial charge in [-0.25, -0.2) is 4.39 Å². The number of carbonyl (C=O) groups is 1. The molecular weight excluding hydrogens is 219 g/mol. The third-order valence-corrected chi connectivity index (χ3v) is 2.38. The van der Waals surface area contributed by atoms with Crippen LogP contribution in [0.3, 0.4) is 0 Å². The largest absolute Gasteiger partial charge is 0.465 e. The SMILES string of the molecule is CC(C)(C)CCOC(=O)Cc1ccc(F)cc1. The van der Waals surface area contributed by atoms with Gasteiger partial charge < -0.3 is 4.74 Å². The molecule has 0 bridgehead atoms. The Morgan fingerprint density at radius 2 is 1.82 bits per heavy atom. The van der Waals surface area contributed by atoms with Crippen molar-refractivity contribution in [2.24, 2.45) is 5.41 Å². The molecular formula is C14H19FO2. The molecule has 3 heteroatoms. The van der Waals surface area contributed by atoms with E-state index < -0.39 is 0 Å². The van der Waals surface area contributed by atoms with E-state index in [4.69, 9.17) is 4.74 Å². The van der Waals surface area contributed by atoms with Crippen molar-refractivity contribution in [3.05, 3.63) is 35.6 Å². The molecule has 0 heterocycles. The second-order valence-electron chi connectivity index (χ2n) is 5.33. The Hall–Kier alpha value is -1.38. The first kappa shape index (κ1) is 13.7. The fourth-order valence-electron chi connectivity index (χ4n) is 1.29. The molecule has 0 aliphatic rings. The minimum Gasteiger partial charge on any atom is -0.465 e. The van der Waals surface area contributed by atoms with Gasteiger partial charge in [0, 0.05) is 0 Å². The van der Waals surface area contributed by atoms with Crippen LogP contribution in [-0.2, 0) is 16.0 Å². The van der Waals surface area contributed by atoms with Crippen molar-refractivity contribution in [2.75, 3.05) is 6.61 Å². The van der Waals surface area contributed by atoms with Crippen LogP contribution < -0.4 is 0 Å². The summed E-state index contributed by atoms with van der Waals surface area (Å²) in [7, 11) is 0. The van der Waals surface area contributed by atoms with E-state index in [2.05, 4.69) is 20.8 Å². The van der Waals surface area contributed by atoms with E-state index in [1.54, 1.807) is 12.1 Å². The van der Waals surface area contributed by atoms with Gasteiger partial charge in [0.2, 0.25) is 0 Å². The predicted molar refractivity (Wildman–Crippen MR) is 65.1 cm³/mol. The summed E-state index contributed by atoms with van der Waals surface area (Å²) in [6.07, 6.45) is 1.03. The second kappa shape index (κ2) is 5.80. The molecule has 0 aromatic heterocycles. The number of rotatable bonds is 4. The Morgan fingerprint density at radius 1 is 1.24 bits per heavy atom. The topological polar surface area (TPSA) is 26.3 Å². The highest BCUT2D eigenvalue weighted by Crippen LogP contribution is 2.18. The molecule has 0 saturated heterocycles. The summed E-state index contributed by atoms with van der Waals surface area (Å²) in [4.78, 5) is 11.5. The highest BCUT2D eigenvalue weighted by molar-refractivity contribution is 5.72. The van der Waals surface area contributed by atoms with Crippen LogP contribution in [0.5, 0.6) is 0 Å². The maximum Gasteiger partial charge on any atom is 0.310 e. The Morgan fingerprint density at radius 3 is 2.35 bits per heavy atom. The van der Waals surface area contributed by atoms with Gasteiger partial charge in [-0.15, -0.1) is 0 Å². The number of halogens is 1. The third-order valence-electron chi connectivity index (χ3n) is 2.38. The lowest BCUT2D eigenvalue weighted by molar-refractivity contribution is -0.143. The summed E-state index contributed by atoms with van der Waals surface area (Å²) in [5, 5.41) is 0. The van der Waals surface area contributed by atoms with Crippen molar-refractivity contribution in [1.29, 1.82) is 0 Å². The molecule has 0 aliphatic heterocycles. The van der Waals surface area contributed by atoms with Crippen LogP contribution in [0.2, 0.25) is 0 Å². The quantitative estimate of drug-likeness (QED) is 0.752. The van der Waals surface area contributed by atoms with Gasteiger partial charge in [-0.05, 0) is 29.5 Å². The Kier molecular flexibility index (Phi) is 4.67. The number of hydrogen-bond donors (Lipinski definition) is 0. The van der Waals surface area contributed by atoms with Gasteiger partial charge in [0.1, 0.15) is 5.82 Å². The molecule has 0 atom stereocenters. The van der Waals surface area contributed by atoms with E-state index >= 15 is 0 Å². The van der Waals surface area contributed by atoms with Crippen molar-refractivity contribution < 1.29 is 13.9 Å². The van der Waals surface area contributed by atoms with E-state index in [9.17, 15) is 9.18 Å². The highest BCUT2D eigenvalue weighted by Gasteiger charge is 2.11. The molecule has 0 unspecified atom stereocenters. The molecule has 0 radical (unpaired) electrons. The minimum absolute atomic E-state index is 0.163. The van der Waals surface area contributed by atoms with Crippen LogP contribution in [0.15, 0.2) is 24.3 Å². The number of benzene rings is 1. The smallest absolute Gasteiger partial charge is 0.310 e. The van der Waals surface area contributed by atoms with E-state index in [1.165, 1.54) is 12.1 Å². The molecule has 0 amide bonds. The fraction of sp³-hybridized carbons (Fsp3) is 0.500. The Labute approximate surface area is 102 Å². The molecule has 0 fully saturated rings. The van der Waals surface area contributed by atoms with Crippen molar-refractivity contribution in [3.8, 4) is 0 Å². The van der Waals surface area contributed by atoms with Gasteiger partial charge in [-0.1, -0.05) is 32.9 Å². The van der Waals surface area contributed by atoms with Crippen molar-refractivity contribution in [3.63, 3.8) is 0 Å². The van der Waals surface area contributed by atoms with Gasteiger partial charge in [-0.2, -0.15) is 0 Å². The van der Waals surface area contributed by atoms with Crippen molar-refractivity contribution in [1.82, 2.24) is 0 Å². The molecule has 17 heavy (non-hydrogen) atoms. The summed E-state index contributed by atoms with van der Waals surface area (Å²) < 4.78 is 17.8. The zero-order valence-corrected chi connectivity index (χ0v) is 10.6. The average Bonchev–Trinajstić information content (AvgIpc) is 2.19. The summed E-state index contributed by atoms with van der Waals surface area (Å²) in [5.41, 5.74) is 0.933. The van der Waals surface area contributed by atoms with E-state index in [-0.39, 0.29) is 23.6 Å². The summed E-state index contributed by atoms with van der Waals surface area (Å²) in [6, 6.07) is 5.89. The van der Waals surface area contributed by atoms with Crippen LogP contribution in [0, 0.1) is 11.2 Å². The van der Waals surface area contributed by atoms with Crippen LogP contribution in [-0.4, -0.2) is 12.6 Å². The average molecular weight is 238 g/mol. The molecule has 0 N–H and O–H groups in total. The first-order valence-electron chi connectivity index (χ1n) is 5.77. The lowest BCUT2D eigenvalue weighted by Crippen LogP contribution is -2.14. The standard InChI is InChI=1S/C14H19FO2/c1-14(2,3)8-9-17-13(16)10-11-4-6-12(15)7-5-11/h4-7H,8-10H2,1-3H3. The molecule has 0 aliphatic carbocycles.